The maximum atomic E-state index is 12.7. The average Bonchev–Trinajstić information content (AvgIpc) is 3.04. The zero-order chi connectivity index (χ0) is 14.7. The summed E-state index contributed by atoms with van der Waals surface area (Å²) in [6, 6.07) is 10.5. The van der Waals surface area contributed by atoms with Gasteiger partial charge in [-0.3, -0.25) is 4.79 Å². The minimum absolute atomic E-state index is 0.168. The van der Waals surface area contributed by atoms with Gasteiger partial charge in [0.2, 0.25) is 5.91 Å². The zero-order valence-corrected chi connectivity index (χ0v) is 12.5. The Labute approximate surface area is 126 Å². The summed E-state index contributed by atoms with van der Waals surface area (Å²) in [6.07, 6.45) is 6.45. The standard InChI is InChI=1S/C18H24N2O/c19-13-16-7-4-8-17(16)18(21)20-11-9-15(10-12-20)14-5-2-1-3-6-14/h1-3,5-6,9,16-17H,4,7-8,10-13,19H2. The molecule has 1 amide bonds. The van der Waals surface area contributed by atoms with Crippen LogP contribution in [0.4, 0.5) is 0 Å². The van der Waals surface area contributed by atoms with E-state index in [1.165, 1.54) is 11.1 Å². The largest absolute Gasteiger partial charge is 0.338 e. The van der Waals surface area contributed by atoms with Crippen LogP contribution in [0.15, 0.2) is 36.4 Å². The number of carbonyl (C=O) groups excluding carboxylic acids is 1. The number of nitrogens with zero attached hydrogens (tertiary/aromatic N) is 1. The van der Waals surface area contributed by atoms with E-state index >= 15 is 0 Å². The van der Waals surface area contributed by atoms with Gasteiger partial charge < -0.3 is 10.6 Å². The van der Waals surface area contributed by atoms with Gasteiger partial charge in [-0.05, 0) is 42.9 Å². The molecule has 0 radical (unpaired) electrons. The first-order chi connectivity index (χ1) is 10.3. The lowest BCUT2D eigenvalue weighted by molar-refractivity contribution is -0.136. The van der Waals surface area contributed by atoms with E-state index in [1.54, 1.807) is 0 Å². The molecular weight excluding hydrogens is 260 g/mol. The summed E-state index contributed by atoms with van der Waals surface area (Å²) in [4.78, 5) is 14.7. The second-order valence-corrected chi connectivity index (χ2v) is 6.16. The van der Waals surface area contributed by atoms with Gasteiger partial charge in [0.15, 0.2) is 0 Å². The van der Waals surface area contributed by atoms with Crippen molar-refractivity contribution >= 4 is 11.5 Å². The van der Waals surface area contributed by atoms with Crippen LogP contribution in [0.3, 0.4) is 0 Å². The van der Waals surface area contributed by atoms with Gasteiger partial charge in [-0.25, -0.2) is 0 Å². The maximum absolute atomic E-state index is 12.7. The first-order valence-corrected chi connectivity index (χ1v) is 8.03. The Balaban J connectivity index is 1.65. The van der Waals surface area contributed by atoms with Crippen LogP contribution in [0.1, 0.15) is 31.2 Å². The lowest BCUT2D eigenvalue weighted by Crippen LogP contribution is -2.41. The molecule has 0 saturated heterocycles. The number of carbonyl (C=O) groups is 1. The molecule has 0 bridgehead atoms. The molecule has 112 valence electrons. The molecule has 1 aliphatic carbocycles. The Hall–Kier alpha value is -1.61. The predicted molar refractivity (Wildman–Crippen MR) is 85.5 cm³/mol. The van der Waals surface area contributed by atoms with E-state index in [4.69, 9.17) is 5.73 Å². The van der Waals surface area contributed by atoms with Crippen LogP contribution in [-0.4, -0.2) is 30.4 Å². The van der Waals surface area contributed by atoms with E-state index in [-0.39, 0.29) is 5.92 Å². The lowest BCUT2D eigenvalue weighted by Gasteiger charge is -2.30. The first kappa shape index (κ1) is 14.3. The molecule has 2 N–H and O–H groups in total. The Morgan fingerprint density at radius 3 is 2.71 bits per heavy atom. The van der Waals surface area contributed by atoms with E-state index in [2.05, 4.69) is 30.3 Å². The van der Waals surface area contributed by atoms with Crippen molar-refractivity contribution in [1.82, 2.24) is 4.90 Å². The van der Waals surface area contributed by atoms with Crippen molar-refractivity contribution < 1.29 is 4.79 Å². The summed E-state index contributed by atoms with van der Waals surface area (Å²) in [5, 5.41) is 0. The average molecular weight is 284 g/mol. The molecule has 1 aliphatic heterocycles. The Bertz CT molecular complexity index is 523. The third-order valence-electron chi connectivity index (χ3n) is 4.94. The summed E-state index contributed by atoms with van der Waals surface area (Å²) in [5.74, 6) is 0.894. The number of hydrogen-bond acceptors (Lipinski definition) is 2. The SMILES string of the molecule is NCC1CCCC1C(=O)N1CC=C(c2ccccc2)CC1. The number of rotatable bonds is 3. The smallest absolute Gasteiger partial charge is 0.226 e. The van der Waals surface area contributed by atoms with Crippen molar-refractivity contribution in [2.45, 2.75) is 25.7 Å². The van der Waals surface area contributed by atoms with Crippen molar-refractivity contribution in [1.29, 1.82) is 0 Å². The van der Waals surface area contributed by atoms with Gasteiger partial charge in [0, 0.05) is 19.0 Å². The molecular formula is C18H24N2O. The molecule has 1 fully saturated rings. The van der Waals surface area contributed by atoms with Gasteiger partial charge in [-0.2, -0.15) is 0 Å². The molecule has 21 heavy (non-hydrogen) atoms. The highest BCUT2D eigenvalue weighted by atomic mass is 16.2. The second kappa shape index (κ2) is 6.44. The topological polar surface area (TPSA) is 46.3 Å². The molecule has 2 atom stereocenters. The molecule has 3 heteroatoms. The molecule has 0 aromatic heterocycles. The predicted octanol–water partition coefficient (Wildman–Crippen LogP) is 2.68. The second-order valence-electron chi connectivity index (χ2n) is 6.16. The summed E-state index contributed by atoms with van der Waals surface area (Å²) in [6.45, 7) is 2.24. The fourth-order valence-corrected chi connectivity index (χ4v) is 3.66. The third-order valence-corrected chi connectivity index (χ3v) is 4.94. The van der Waals surface area contributed by atoms with Crippen molar-refractivity contribution in [3.8, 4) is 0 Å². The van der Waals surface area contributed by atoms with E-state index in [1.807, 2.05) is 11.0 Å². The molecule has 3 nitrogen and oxygen atoms in total. The van der Waals surface area contributed by atoms with Crippen LogP contribution in [0.5, 0.6) is 0 Å². The maximum Gasteiger partial charge on any atom is 0.226 e. The number of amides is 1. The summed E-state index contributed by atoms with van der Waals surface area (Å²) in [5.41, 5.74) is 8.45. The van der Waals surface area contributed by atoms with Crippen LogP contribution in [0.25, 0.3) is 5.57 Å². The monoisotopic (exact) mass is 284 g/mol. The van der Waals surface area contributed by atoms with E-state index in [9.17, 15) is 4.79 Å². The molecule has 1 saturated carbocycles. The van der Waals surface area contributed by atoms with Crippen molar-refractivity contribution in [2.24, 2.45) is 17.6 Å². The normalized spacial score (nSPS) is 25.8. The summed E-state index contributed by atoms with van der Waals surface area (Å²) >= 11 is 0. The fourth-order valence-electron chi connectivity index (χ4n) is 3.66. The van der Waals surface area contributed by atoms with E-state index in [0.29, 0.717) is 18.4 Å². The molecule has 2 aliphatic rings. The van der Waals surface area contributed by atoms with Gasteiger partial charge >= 0.3 is 0 Å². The summed E-state index contributed by atoms with van der Waals surface area (Å²) < 4.78 is 0. The lowest BCUT2D eigenvalue weighted by atomic mass is 9.93. The van der Waals surface area contributed by atoms with Gasteiger partial charge in [0.05, 0.1) is 0 Å². The minimum Gasteiger partial charge on any atom is -0.338 e. The third kappa shape index (κ3) is 3.03. The van der Waals surface area contributed by atoms with Gasteiger partial charge in [-0.1, -0.05) is 42.8 Å². The van der Waals surface area contributed by atoms with E-state index in [0.717, 1.165) is 38.8 Å². The van der Waals surface area contributed by atoms with Crippen molar-refractivity contribution in [2.75, 3.05) is 19.6 Å². The number of benzene rings is 1. The van der Waals surface area contributed by atoms with Crippen LogP contribution >= 0.6 is 0 Å². The van der Waals surface area contributed by atoms with Crippen LogP contribution < -0.4 is 5.73 Å². The Morgan fingerprint density at radius 1 is 1.24 bits per heavy atom. The minimum atomic E-state index is 0.168. The molecule has 1 aromatic carbocycles. The van der Waals surface area contributed by atoms with Gasteiger partial charge in [0.25, 0.3) is 0 Å². The Kier molecular flexibility index (Phi) is 4.39. The summed E-state index contributed by atoms with van der Waals surface area (Å²) in [7, 11) is 0. The van der Waals surface area contributed by atoms with Gasteiger partial charge in [-0.15, -0.1) is 0 Å². The number of nitrogens with two attached hydrogens (primary N) is 1. The van der Waals surface area contributed by atoms with Crippen molar-refractivity contribution in [3.05, 3.63) is 42.0 Å². The Morgan fingerprint density at radius 2 is 2.05 bits per heavy atom. The molecule has 3 rings (SSSR count). The first-order valence-electron chi connectivity index (χ1n) is 8.03. The van der Waals surface area contributed by atoms with Crippen molar-refractivity contribution in [3.63, 3.8) is 0 Å². The van der Waals surface area contributed by atoms with Gasteiger partial charge in [0.1, 0.15) is 0 Å². The zero-order valence-electron chi connectivity index (χ0n) is 12.5. The highest BCUT2D eigenvalue weighted by Gasteiger charge is 2.34. The molecule has 1 aromatic rings. The molecule has 0 spiro atoms. The van der Waals surface area contributed by atoms with Crippen LogP contribution in [-0.2, 0) is 4.79 Å². The highest BCUT2D eigenvalue weighted by molar-refractivity contribution is 5.81. The fraction of sp³-hybridized carbons (Fsp3) is 0.500. The van der Waals surface area contributed by atoms with Crippen LogP contribution in [0.2, 0.25) is 0 Å². The number of hydrogen-bond donors (Lipinski definition) is 1. The highest BCUT2D eigenvalue weighted by Crippen LogP contribution is 2.33. The van der Waals surface area contributed by atoms with Crippen LogP contribution in [0, 0.1) is 11.8 Å². The quantitative estimate of drug-likeness (QED) is 0.927. The molecule has 1 heterocycles. The molecule has 2 unspecified atom stereocenters. The van der Waals surface area contributed by atoms with E-state index < -0.39 is 0 Å².